The summed E-state index contributed by atoms with van der Waals surface area (Å²) in [5.74, 6) is -2.36. The zero-order valence-corrected chi connectivity index (χ0v) is 18.4. The van der Waals surface area contributed by atoms with Gasteiger partial charge in [-0.05, 0) is 42.5 Å². The minimum Gasteiger partial charge on any atom is -0.350 e. The second kappa shape index (κ2) is 9.62. The van der Waals surface area contributed by atoms with Gasteiger partial charge in [-0.15, -0.1) is 0 Å². The molecule has 0 bridgehead atoms. The largest absolute Gasteiger partial charge is 0.350 e. The highest BCUT2D eigenvalue weighted by atomic mass is 79.9. The molecule has 4 rings (SSSR count). The van der Waals surface area contributed by atoms with Gasteiger partial charge in [0.15, 0.2) is 0 Å². The smallest absolute Gasteiger partial charge is 0.286 e. The third-order valence-corrected chi connectivity index (χ3v) is 5.69. The van der Waals surface area contributed by atoms with Crippen LogP contribution in [0.2, 0.25) is 0 Å². The standard InChI is InChI=1S/C23H20BrF2N3O3/c24-15-8-9-18(17(25)11-15)28-21-16(12-27-23(31)20(21)26)22(30)29-32-19(14-6-7-14)10-13-4-2-1-3-5-13/h1-5,8-9,11-12,14,19H,6-7,10H2,(H,29,30)(H2,27,28,31). The Morgan fingerprint density at radius 2 is 1.94 bits per heavy atom. The van der Waals surface area contributed by atoms with Crippen molar-refractivity contribution in [3.63, 3.8) is 0 Å². The molecule has 1 saturated carbocycles. The van der Waals surface area contributed by atoms with Gasteiger partial charge < -0.3 is 10.3 Å². The molecular formula is C23H20BrF2N3O3. The number of carbonyl (C=O) groups excluding carboxylic acids is 1. The molecule has 32 heavy (non-hydrogen) atoms. The van der Waals surface area contributed by atoms with E-state index in [1.165, 1.54) is 12.1 Å². The second-order valence-electron chi connectivity index (χ2n) is 7.58. The molecule has 0 spiro atoms. The van der Waals surface area contributed by atoms with E-state index in [2.05, 4.69) is 31.7 Å². The van der Waals surface area contributed by atoms with Crippen molar-refractivity contribution in [3.8, 4) is 0 Å². The molecule has 1 aliphatic rings. The highest BCUT2D eigenvalue weighted by Gasteiger charge is 2.33. The van der Waals surface area contributed by atoms with Crippen LogP contribution in [-0.4, -0.2) is 17.0 Å². The molecule has 1 atom stereocenters. The Kier molecular flexibility index (Phi) is 6.66. The van der Waals surface area contributed by atoms with Crippen molar-refractivity contribution in [2.75, 3.05) is 5.32 Å². The highest BCUT2D eigenvalue weighted by molar-refractivity contribution is 9.10. The van der Waals surface area contributed by atoms with Crippen LogP contribution >= 0.6 is 15.9 Å². The fraction of sp³-hybridized carbons (Fsp3) is 0.217. The molecule has 166 valence electrons. The van der Waals surface area contributed by atoms with Gasteiger partial charge in [0.05, 0.1) is 23.0 Å². The van der Waals surface area contributed by atoms with Crippen molar-refractivity contribution in [2.24, 2.45) is 5.92 Å². The Bertz CT molecular complexity index is 1180. The summed E-state index contributed by atoms with van der Waals surface area (Å²) in [6.45, 7) is 0. The van der Waals surface area contributed by atoms with Crippen molar-refractivity contribution in [1.29, 1.82) is 0 Å². The minimum atomic E-state index is -1.23. The lowest BCUT2D eigenvalue weighted by molar-refractivity contribution is -0.0256. The molecule has 9 heteroatoms. The first kappa shape index (κ1) is 22.2. The SMILES string of the molecule is O=C(NOC(Cc1ccccc1)C1CC1)c1c[nH]c(=O)c(F)c1Nc1ccc(Br)cc1F. The minimum absolute atomic E-state index is 0.0902. The number of H-pyrrole nitrogens is 1. The van der Waals surface area contributed by atoms with E-state index in [0.717, 1.165) is 24.6 Å². The molecule has 6 nitrogen and oxygen atoms in total. The number of nitrogens with one attached hydrogen (secondary N) is 3. The number of aromatic nitrogens is 1. The van der Waals surface area contributed by atoms with Crippen molar-refractivity contribution >= 4 is 33.2 Å². The summed E-state index contributed by atoms with van der Waals surface area (Å²) in [6, 6.07) is 13.8. The second-order valence-corrected chi connectivity index (χ2v) is 8.50. The number of rotatable bonds is 8. The van der Waals surface area contributed by atoms with Crippen LogP contribution in [0.25, 0.3) is 0 Å². The van der Waals surface area contributed by atoms with Crippen molar-refractivity contribution in [2.45, 2.75) is 25.4 Å². The molecule has 3 N–H and O–H groups in total. The monoisotopic (exact) mass is 503 g/mol. The third kappa shape index (κ3) is 5.23. The maximum absolute atomic E-state index is 14.6. The predicted octanol–water partition coefficient (Wildman–Crippen LogP) is 4.84. The first-order valence-corrected chi connectivity index (χ1v) is 10.8. The quantitative estimate of drug-likeness (QED) is 0.384. The number of halogens is 3. The summed E-state index contributed by atoms with van der Waals surface area (Å²) in [6.07, 6.45) is 3.43. The van der Waals surface area contributed by atoms with Gasteiger partial charge in [-0.3, -0.25) is 14.4 Å². The molecule has 2 aromatic carbocycles. The van der Waals surface area contributed by atoms with Gasteiger partial charge in [0, 0.05) is 17.1 Å². The van der Waals surface area contributed by atoms with Gasteiger partial charge >= 0.3 is 0 Å². The predicted molar refractivity (Wildman–Crippen MR) is 120 cm³/mol. The number of benzene rings is 2. The average Bonchev–Trinajstić information content (AvgIpc) is 3.62. The Balaban J connectivity index is 1.52. The van der Waals surface area contributed by atoms with Crippen LogP contribution in [0.3, 0.4) is 0 Å². The highest BCUT2D eigenvalue weighted by Crippen LogP contribution is 2.35. The van der Waals surface area contributed by atoms with E-state index in [1.54, 1.807) is 6.07 Å². The number of amides is 1. The fourth-order valence-electron chi connectivity index (χ4n) is 3.33. The van der Waals surface area contributed by atoms with Crippen LogP contribution in [0.1, 0.15) is 28.8 Å². The zero-order chi connectivity index (χ0) is 22.7. The van der Waals surface area contributed by atoms with Gasteiger partial charge in [0.25, 0.3) is 11.5 Å². The normalized spacial score (nSPS) is 14.1. The zero-order valence-electron chi connectivity index (χ0n) is 16.8. The molecule has 1 fully saturated rings. The van der Waals surface area contributed by atoms with Crippen LogP contribution in [0.5, 0.6) is 0 Å². The average molecular weight is 504 g/mol. The number of hydroxylamine groups is 1. The molecule has 1 aliphatic carbocycles. The van der Waals surface area contributed by atoms with Gasteiger partial charge in [-0.25, -0.2) is 9.87 Å². The Hall–Kier alpha value is -3.04. The van der Waals surface area contributed by atoms with Gasteiger partial charge in [-0.2, -0.15) is 4.39 Å². The summed E-state index contributed by atoms with van der Waals surface area (Å²) in [4.78, 5) is 32.4. The maximum Gasteiger partial charge on any atom is 0.286 e. The van der Waals surface area contributed by atoms with Crippen molar-refractivity contribution < 1.29 is 18.4 Å². The Morgan fingerprint density at radius 3 is 2.62 bits per heavy atom. The van der Waals surface area contributed by atoms with Crippen molar-refractivity contribution in [1.82, 2.24) is 10.5 Å². The van der Waals surface area contributed by atoms with Crippen LogP contribution in [0, 0.1) is 17.6 Å². The molecule has 1 aromatic heterocycles. The van der Waals surface area contributed by atoms with E-state index in [9.17, 15) is 18.4 Å². The molecule has 1 heterocycles. The lowest BCUT2D eigenvalue weighted by Gasteiger charge is -2.18. The third-order valence-electron chi connectivity index (χ3n) is 5.20. The summed E-state index contributed by atoms with van der Waals surface area (Å²) >= 11 is 3.14. The van der Waals surface area contributed by atoms with E-state index in [0.29, 0.717) is 16.8 Å². The summed E-state index contributed by atoms with van der Waals surface area (Å²) in [5.41, 5.74) is 1.64. The first-order chi connectivity index (χ1) is 15.4. The number of aromatic amines is 1. The number of pyridine rings is 1. The van der Waals surface area contributed by atoms with Crippen LogP contribution in [-0.2, 0) is 11.3 Å². The van der Waals surface area contributed by atoms with Crippen LogP contribution in [0.15, 0.2) is 64.0 Å². The number of carbonyl (C=O) groups is 1. The Morgan fingerprint density at radius 1 is 1.19 bits per heavy atom. The number of anilines is 2. The molecular weight excluding hydrogens is 484 g/mol. The molecule has 0 radical (unpaired) electrons. The van der Waals surface area contributed by atoms with Crippen LogP contribution < -0.4 is 16.4 Å². The molecule has 0 aliphatic heterocycles. The molecule has 3 aromatic rings. The van der Waals surface area contributed by atoms with Gasteiger partial charge in [0.2, 0.25) is 5.82 Å². The maximum atomic E-state index is 14.6. The lowest BCUT2D eigenvalue weighted by Crippen LogP contribution is -2.33. The van der Waals surface area contributed by atoms with Gasteiger partial charge in [0.1, 0.15) is 5.82 Å². The number of hydrogen-bond donors (Lipinski definition) is 3. The van der Waals surface area contributed by atoms with E-state index in [4.69, 9.17) is 4.84 Å². The molecule has 0 saturated heterocycles. The van der Waals surface area contributed by atoms with E-state index in [1.807, 2.05) is 30.3 Å². The first-order valence-electron chi connectivity index (χ1n) is 10.1. The Labute approximate surface area is 191 Å². The topological polar surface area (TPSA) is 83.2 Å². The van der Waals surface area contributed by atoms with Gasteiger partial charge in [-0.1, -0.05) is 46.3 Å². The summed E-state index contributed by atoms with van der Waals surface area (Å²) in [7, 11) is 0. The lowest BCUT2D eigenvalue weighted by atomic mass is 10.1. The summed E-state index contributed by atoms with van der Waals surface area (Å²) in [5, 5.41) is 2.51. The van der Waals surface area contributed by atoms with Crippen LogP contribution in [0.4, 0.5) is 20.2 Å². The molecule has 1 unspecified atom stereocenters. The van der Waals surface area contributed by atoms with E-state index in [-0.39, 0.29) is 17.4 Å². The van der Waals surface area contributed by atoms with Crippen molar-refractivity contribution in [3.05, 3.63) is 92.3 Å². The van der Waals surface area contributed by atoms with E-state index < -0.39 is 28.8 Å². The number of hydrogen-bond acceptors (Lipinski definition) is 4. The fourth-order valence-corrected chi connectivity index (χ4v) is 3.67. The molecule has 1 amide bonds. The van der Waals surface area contributed by atoms with E-state index >= 15 is 0 Å². The summed E-state index contributed by atoms with van der Waals surface area (Å²) < 4.78 is 29.3.